The quantitative estimate of drug-likeness (QED) is 0.703. The molecule has 3 N–H and O–H groups in total. The Morgan fingerprint density at radius 2 is 1.92 bits per heavy atom. The van der Waals surface area contributed by atoms with Crippen molar-refractivity contribution in [3.8, 4) is 5.75 Å². The van der Waals surface area contributed by atoms with E-state index < -0.39 is 0 Å². The zero-order valence-electron chi connectivity index (χ0n) is 15.7. The van der Waals surface area contributed by atoms with Crippen molar-refractivity contribution in [1.82, 2.24) is 0 Å². The van der Waals surface area contributed by atoms with Gasteiger partial charge in [-0.05, 0) is 49.1 Å². The lowest BCUT2D eigenvalue weighted by Crippen LogP contribution is -2.21. The van der Waals surface area contributed by atoms with Crippen LogP contribution in [0.3, 0.4) is 0 Å². The van der Waals surface area contributed by atoms with Gasteiger partial charge in [-0.3, -0.25) is 0 Å². The normalized spacial score (nSPS) is 21.0. The standard InChI is InChI=1S/C20H34N2O2/c1-20(2,3)18-10-9-17(22-16-8-7-15(21)13-16)14-19(18)24-12-6-5-11-23-4/h9-10,14-16,22H,5-8,11-13,21H2,1-4H3. The maximum atomic E-state index is 6.12. The molecule has 0 radical (unpaired) electrons. The molecule has 2 rings (SSSR count). The van der Waals surface area contributed by atoms with E-state index in [0.29, 0.717) is 12.1 Å². The fourth-order valence-electron chi connectivity index (χ4n) is 3.26. The monoisotopic (exact) mass is 334 g/mol. The predicted octanol–water partition coefficient (Wildman–Crippen LogP) is 4.08. The molecular weight excluding hydrogens is 300 g/mol. The highest BCUT2D eigenvalue weighted by atomic mass is 16.5. The molecule has 1 aliphatic rings. The molecule has 1 aromatic rings. The van der Waals surface area contributed by atoms with Crippen LogP contribution in [0, 0.1) is 0 Å². The minimum absolute atomic E-state index is 0.0656. The molecule has 0 heterocycles. The largest absolute Gasteiger partial charge is 0.493 e. The molecule has 1 saturated carbocycles. The fourth-order valence-corrected chi connectivity index (χ4v) is 3.26. The van der Waals surface area contributed by atoms with E-state index in [0.717, 1.165) is 56.8 Å². The third-order valence-electron chi connectivity index (χ3n) is 4.63. The minimum Gasteiger partial charge on any atom is -0.493 e. The maximum absolute atomic E-state index is 6.12. The molecule has 0 aromatic heterocycles. The molecule has 4 heteroatoms. The lowest BCUT2D eigenvalue weighted by Gasteiger charge is -2.24. The average Bonchev–Trinajstić information content (AvgIpc) is 2.91. The second kappa shape index (κ2) is 8.72. The number of anilines is 1. The number of benzene rings is 1. The van der Waals surface area contributed by atoms with Crippen LogP contribution in [0.1, 0.15) is 58.4 Å². The van der Waals surface area contributed by atoms with Crippen molar-refractivity contribution < 1.29 is 9.47 Å². The van der Waals surface area contributed by atoms with Gasteiger partial charge in [0.15, 0.2) is 0 Å². The first kappa shape index (κ1) is 19.1. The molecular formula is C20H34N2O2. The second-order valence-electron chi connectivity index (χ2n) is 7.92. The maximum Gasteiger partial charge on any atom is 0.125 e. The van der Waals surface area contributed by atoms with E-state index in [1.54, 1.807) is 7.11 Å². The van der Waals surface area contributed by atoms with Crippen LogP contribution in [0.2, 0.25) is 0 Å². The predicted molar refractivity (Wildman–Crippen MR) is 101 cm³/mol. The summed E-state index contributed by atoms with van der Waals surface area (Å²) in [6.07, 6.45) is 5.34. The number of ether oxygens (including phenoxy) is 2. The summed E-state index contributed by atoms with van der Waals surface area (Å²) in [6, 6.07) is 7.34. The van der Waals surface area contributed by atoms with Crippen LogP contribution in [-0.4, -0.2) is 32.4 Å². The molecule has 0 spiro atoms. The summed E-state index contributed by atoms with van der Waals surface area (Å²) >= 11 is 0. The highest BCUT2D eigenvalue weighted by Gasteiger charge is 2.23. The molecule has 2 unspecified atom stereocenters. The van der Waals surface area contributed by atoms with E-state index >= 15 is 0 Å². The minimum atomic E-state index is 0.0656. The highest BCUT2D eigenvalue weighted by Crippen LogP contribution is 2.34. The zero-order valence-corrected chi connectivity index (χ0v) is 15.7. The summed E-state index contributed by atoms with van der Waals surface area (Å²) in [5.74, 6) is 0.993. The molecule has 0 aliphatic heterocycles. The van der Waals surface area contributed by atoms with Crippen molar-refractivity contribution in [2.24, 2.45) is 5.73 Å². The van der Waals surface area contributed by atoms with Gasteiger partial charge < -0.3 is 20.5 Å². The lowest BCUT2D eigenvalue weighted by molar-refractivity contribution is 0.183. The first-order valence-corrected chi connectivity index (χ1v) is 9.18. The number of hydrogen-bond acceptors (Lipinski definition) is 4. The zero-order chi connectivity index (χ0) is 17.6. The van der Waals surface area contributed by atoms with Crippen molar-refractivity contribution >= 4 is 5.69 Å². The van der Waals surface area contributed by atoms with E-state index in [1.165, 1.54) is 5.56 Å². The number of nitrogens with two attached hydrogens (primary N) is 1. The van der Waals surface area contributed by atoms with Crippen molar-refractivity contribution in [3.05, 3.63) is 23.8 Å². The molecule has 0 bridgehead atoms. The summed E-state index contributed by atoms with van der Waals surface area (Å²) in [7, 11) is 1.74. The van der Waals surface area contributed by atoms with Gasteiger partial charge in [-0.2, -0.15) is 0 Å². The second-order valence-corrected chi connectivity index (χ2v) is 7.92. The van der Waals surface area contributed by atoms with E-state index in [2.05, 4.69) is 44.3 Å². The van der Waals surface area contributed by atoms with E-state index in [4.69, 9.17) is 15.2 Å². The smallest absolute Gasteiger partial charge is 0.125 e. The van der Waals surface area contributed by atoms with Gasteiger partial charge in [0.25, 0.3) is 0 Å². The molecule has 4 nitrogen and oxygen atoms in total. The Morgan fingerprint density at radius 1 is 1.17 bits per heavy atom. The van der Waals surface area contributed by atoms with Crippen LogP contribution in [0.25, 0.3) is 0 Å². The summed E-state index contributed by atoms with van der Waals surface area (Å²) in [4.78, 5) is 0. The lowest BCUT2D eigenvalue weighted by atomic mass is 9.86. The Morgan fingerprint density at radius 3 is 2.54 bits per heavy atom. The SMILES string of the molecule is COCCCCOc1cc(NC2CCC(N)C2)ccc1C(C)(C)C. The number of rotatable bonds is 8. The Kier molecular flexibility index (Phi) is 6.93. The van der Waals surface area contributed by atoms with E-state index in [1.807, 2.05) is 0 Å². The molecule has 1 fully saturated rings. The Hall–Kier alpha value is -1.26. The van der Waals surface area contributed by atoms with Gasteiger partial charge in [-0.25, -0.2) is 0 Å². The third kappa shape index (κ3) is 5.67. The topological polar surface area (TPSA) is 56.5 Å². The Labute approximate surface area is 147 Å². The molecule has 0 amide bonds. The summed E-state index contributed by atoms with van der Waals surface area (Å²) in [6.45, 7) is 8.19. The van der Waals surface area contributed by atoms with Crippen LogP contribution in [0.5, 0.6) is 5.75 Å². The van der Waals surface area contributed by atoms with Crippen LogP contribution < -0.4 is 15.8 Å². The van der Waals surface area contributed by atoms with Gasteiger partial charge in [-0.15, -0.1) is 0 Å². The van der Waals surface area contributed by atoms with Crippen molar-refractivity contribution in [3.63, 3.8) is 0 Å². The Balaban J connectivity index is 2.04. The highest BCUT2D eigenvalue weighted by molar-refractivity contribution is 5.54. The van der Waals surface area contributed by atoms with Gasteiger partial charge in [0.05, 0.1) is 6.61 Å². The number of hydrogen-bond donors (Lipinski definition) is 2. The van der Waals surface area contributed by atoms with Crippen LogP contribution in [-0.2, 0) is 10.2 Å². The van der Waals surface area contributed by atoms with Crippen LogP contribution >= 0.6 is 0 Å². The van der Waals surface area contributed by atoms with E-state index in [9.17, 15) is 0 Å². The number of unbranched alkanes of at least 4 members (excludes halogenated alkanes) is 1. The fraction of sp³-hybridized carbons (Fsp3) is 0.700. The van der Waals surface area contributed by atoms with Gasteiger partial charge in [0, 0.05) is 37.6 Å². The van der Waals surface area contributed by atoms with Gasteiger partial charge in [0.1, 0.15) is 5.75 Å². The Bertz CT molecular complexity index is 511. The van der Waals surface area contributed by atoms with Crippen LogP contribution in [0.15, 0.2) is 18.2 Å². The third-order valence-corrected chi connectivity index (χ3v) is 4.63. The molecule has 0 saturated heterocycles. The van der Waals surface area contributed by atoms with Gasteiger partial charge in [0.2, 0.25) is 0 Å². The summed E-state index contributed by atoms with van der Waals surface area (Å²) in [5, 5.41) is 3.62. The number of nitrogens with one attached hydrogen (secondary N) is 1. The molecule has 1 aliphatic carbocycles. The first-order chi connectivity index (χ1) is 11.4. The summed E-state index contributed by atoms with van der Waals surface area (Å²) < 4.78 is 11.2. The molecule has 24 heavy (non-hydrogen) atoms. The van der Waals surface area contributed by atoms with Crippen molar-refractivity contribution in [2.75, 3.05) is 25.6 Å². The van der Waals surface area contributed by atoms with Gasteiger partial charge in [-0.1, -0.05) is 26.8 Å². The van der Waals surface area contributed by atoms with Crippen LogP contribution in [0.4, 0.5) is 5.69 Å². The molecule has 136 valence electrons. The average molecular weight is 335 g/mol. The van der Waals surface area contributed by atoms with Crippen molar-refractivity contribution in [1.29, 1.82) is 0 Å². The first-order valence-electron chi connectivity index (χ1n) is 9.18. The van der Waals surface area contributed by atoms with Gasteiger partial charge >= 0.3 is 0 Å². The number of methoxy groups -OCH3 is 1. The molecule has 2 atom stereocenters. The molecule has 1 aromatic carbocycles. The summed E-state index contributed by atoms with van der Waals surface area (Å²) in [5.41, 5.74) is 8.47. The van der Waals surface area contributed by atoms with Crippen molar-refractivity contribution in [2.45, 2.75) is 70.4 Å². The van der Waals surface area contributed by atoms with E-state index in [-0.39, 0.29) is 5.41 Å².